The maximum absolute atomic E-state index is 13.8. The highest BCUT2D eigenvalue weighted by molar-refractivity contribution is 6.10. The number of anilines is 3. The Morgan fingerprint density at radius 1 is 0.767 bits per heavy atom. The van der Waals surface area contributed by atoms with Crippen LogP contribution in [0, 0.1) is 0 Å². The summed E-state index contributed by atoms with van der Waals surface area (Å²) < 4.78 is 0. The highest BCUT2D eigenvalue weighted by atomic mass is 16.2. The molecule has 2 amide bonds. The third kappa shape index (κ3) is 5.93. The molecule has 1 saturated heterocycles. The molecule has 220 valence electrons. The largest absolute Gasteiger partial charge is 0.363 e. The molecule has 0 spiro atoms. The number of hydrogen-bond donors (Lipinski definition) is 2. The SMILES string of the molecule is CC(C)NC1C[C@@H]2CN(C(=O)c3ccc(NC(=O)c4ccccc4-c4ccc(C(C)C)cc4)cc3)c3ccccc3N2C1. The number of nitrogens with zero attached hydrogens (tertiary/aromatic N) is 2. The summed E-state index contributed by atoms with van der Waals surface area (Å²) >= 11 is 0. The van der Waals surface area contributed by atoms with Gasteiger partial charge in [0.15, 0.2) is 0 Å². The summed E-state index contributed by atoms with van der Waals surface area (Å²) in [5.74, 6) is 0.239. The molecule has 4 aromatic carbocycles. The van der Waals surface area contributed by atoms with Gasteiger partial charge in [-0.1, -0.05) is 82.3 Å². The molecule has 2 aliphatic heterocycles. The van der Waals surface area contributed by atoms with Gasteiger partial charge in [-0.3, -0.25) is 9.59 Å². The van der Waals surface area contributed by atoms with Crippen molar-refractivity contribution in [2.24, 2.45) is 0 Å². The van der Waals surface area contributed by atoms with Gasteiger partial charge in [0.2, 0.25) is 0 Å². The highest BCUT2D eigenvalue weighted by Crippen LogP contribution is 2.40. The van der Waals surface area contributed by atoms with Crippen LogP contribution in [0.15, 0.2) is 97.1 Å². The van der Waals surface area contributed by atoms with Crippen molar-refractivity contribution in [1.29, 1.82) is 0 Å². The van der Waals surface area contributed by atoms with Gasteiger partial charge in [0.25, 0.3) is 11.8 Å². The molecule has 6 nitrogen and oxygen atoms in total. The molecule has 1 fully saturated rings. The Morgan fingerprint density at radius 2 is 1.44 bits per heavy atom. The van der Waals surface area contributed by atoms with Gasteiger partial charge in [-0.25, -0.2) is 0 Å². The maximum Gasteiger partial charge on any atom is 0.258 e. The summed E-state index contributed by atoms with van der Waals surface area (Å²) in [7, 11) is 0. The van der Waals surface area contributed by atoms with Crippen LogP contribution in [0.5, 0.6) is 0 Å². The first-order chi connectivity index (χ1) is 20.8. The zero-order chi connectivity index (χ0) is 30.1. The van der Waals surface area contributed by atoms with E-state index >= 15 is 0 Å². The Kier molecular flexibility index (Phi) is 8.04. The second kappa shape index (κ2) is 12.1. The number of amides is 2. The lowest BCUT2D eigenvalue weighted by atomic mass is 9.95. The van der Waals surface area contributed by atoms with Gasteiger partial charge < -0.3 is 20.4 Å². The van der Waals surface area contributed by atoms with Crippen molar-refractivity contribution >= 4 is 28.9 Å². The Bertz CT molecular complexity index is 1610. The van der Waals surface area contributed by atoms with Crippen molar-refractivity contribution in [3.8, 4) is 11.1 Å². The van der Waals surface area contributed by atoms with Gasteiger partial charge in [-0.2, -0.15) is 0 Å². The lowest BCUT2D eigenvalue weighted by molar-refractivity contribution is 0.0983. The molecule has 2 heterocycles. The molecule has 0 aliphatic carbocycles. The molecular weight excluding hydrogens is 532 g/mol. The zero-order valence-electron chi connectivity index (χ0n) is 25.4. The highest BCUT2D eigenvalue weighted by Gasteiger charge is 2.40. The summed E-state index contributed by atoms with van der Waals surface area (Å²) in [6.07, 6.45) is 1.00. The normalized spacial score (nSPS) is 17.6. The predicted molar refractivity (Wildman–Crippen MR) is 176 cm³/mol. The molecule has 2 aliphatic rings. The van der Waals surface area contributed by atoms with Crippen LogP contribution in [0.3, 0.4) is 0 Å². The first-order valence-electron chi connectivity index (χ1n) is 15.3. The van der Waals surface area contributed by atoms with Crippen LogP contribution in [0.25, 0.3) is 11.1 Å². The fourth-order valence-corrected chi connectivity index (χ4v) is 6.44. The summed E-state index contributed by atoms with van der Waals surface area (Å²) in [5.41, 5.74) is 7.07. The Morgan fingerprint density at radius 3 is 2.14 bits per heavy atom. The average Bonchev–Trinajstić information content (AvgIpc) is 3.42. The average molecular weight is 573 g/mol. The third-order valence-corrected chi connectivity index (χ3v) is 8.55. The molecule has 6 rings (SSSR count). The van der Waals surface area contributed by atoms with Crippen molar-refractivity contribution in [3.05, 3.63) is 114 Å². The van der Waals surface area contributed by atoms with Gasteiger partial charge in [0.05, 0.1) is 11.4 Å². The van der Waals surface area contributed by atoms with Crippen LogP contribution in [0.1, 0.15) is 66.3 Å². The standard InChI is InChI=1S/C37H40N4O2/c1-24(2)26-13-15-27(16-14-26)32-9-5-6-10-33(32)36(42)39-29-19-17-28(18-20-29)37(43)41-23-31-21-30(38-25(3)4)22-40(31)34-11-7-8-12-35(34)41/h5-20,24-25,30-31,38H,21-23H2,1-4H3,(H,39,42)/t30?,31-/m1/s1. The van der Waals surface area contributed by atoms with E-state index in [2.05, 4.69) is 73.6 Å². The molecule has 4 aromatic rings. The topological polar surface area (TPSA) is 64.7 Å². The van der Waals surface area contributed by atoms with Crippen molar-refractivity contribution in [2.45, 2.75) is 58.2 Å². The molecule has 43 heavy (non-hydrogen) atoms. The van der Waals surface area contributed by atoms with Crippen molar-refractivity contribution in [1.82, 2.24) is 5.32 Å². The second-order valence-electron chi connectivity index (χ2n) is 12.3. The Hall–Kier alpha value is -4.42. The quantitative estimate of drug-likeness (QED) is 0.243. The van der Waals surface area contributed by atoms with Crippen molar-refractivity contribution in [3.63, 3.8) is 0 Å². The fraction of sp³-hybridized carbons (Fsp3) is 0.297. The number of hydrogen-bond acceptors (Lipinski definition) is 4. The van der Waals surface area contributed by atoms with Crippen LogP contribution in [0.2, 0.25) is 0 Å². The number of carbonyl (C=O) groups excluding carboxylic acids is 2. The zero-order valence-corrected chi connectivity index (χ0v) is 25.4. The molecule has 0 radical (unpaired) electrons. The number of carbonyl (C=O) groups is 2. The molecule has 0 bridgehead atoms. The van der Waals surface area contributed by atoms with Gasteiger partial charge in [0, 0.05) is 48.0 Å². The number of fused-ring (bicyclic) bond motifs is 3. The number of nitrogens with one attached hydrogen (secondary N) is 2. The van der Waals surface area contributed by atoms with E-state index in [1.807, 2.05) is 59.5 Å². The predicted octanol–water partition coefficient (Wildman–Crippen LogP) is 7.34. The van der Waals surface area contributed by atoms with Gasteiger partial charge in [0.1, 0.15) is 0 Å². The minimum Gasteiger partial charge on any atom is -0.363 e. The number of benzene rings is 4. The van der Waals surface area contributed by atoms with Crippen LogP contribution in [-0.2, 0) is 0 Å². The maximum atomic E-state index is 13.8. The van der Waals surface area contributed by atoms with Crippen LogP contribution < -0.4 is 20.4 Å². The monoisotopic (exact) mass is 572 g/mol. The number of rotatable bonds is 7. The van der Waals surface area contributed by atoms with Gasteiger partial charge in [-0.15, -0.1) is 0 Å². The lowest BCUT2D eigenvalue weighted by Crippen LogP contribution is -2.48. The summed E-state index contributed by atoms with van der Waals surface area (Å²) in [5, 5.41) is 6.71. The fourth-order valence-electron chi connectivity index (χ4n) is 6.44. The van der Waals surface area contributed by atoms with Gasteiger partial charge >= 0.3 is 0 Å². The van der Waals surface area contributed by atoms with E-state index in [9.17, 15) is 9.59 Å². The van der Waals surface area contributed by atoms with E-state index in [1.54, 1.807) is 12.1 Å². The van der Waals surface area contributed by atoms with E-state index in [-0.39, 0.29) is 17.9 Å². The number of para-hydroxylation sites is 2. The van der Waals surface area contributed by atoms with Crippen LogP contribution in [0.4, 0.5) is 17.1 Å². The summed E-state index contributed by atoms with van der Waals surface area (Å²) in [6, 6.07) is 32.6. The second-order valence-corrected chi connectivity index (χ2v) is 12.3. The minimum atomic E-state index is -0.182. The molecule has 2 N–H and O–H groups in total. The molecule has 6 heteroatoms. The van der Waals surface area contributed by atoms with Gasteiger partial charge in [-0.05, 0) is 71.5 Å². The molecular formula is C37H40N4O2. The lowest BCUT2D eigenvalue weighted by Gasteiger charge is -2.40. The Labute approximate surface area is 254 Å². The van der Waals surface area contributed by atoms with E-state index in [1.165, 1.54) is 5.56 Å². The van der Waals surface area contributed by atoms with Crippen LogP contribution >= 0.6 is 0 Å². The summed E-state index contributed by atoms with van der Waals surface area (Å²) in [4.78, 5) is 31.6. The molecule has 2 atom stereocenters. The van der Waals surface area contributed by atoms with E-state index < -0.39 is 0 Å². The molecule has 0 saturated carbocycles. The van der Waals surface area contributed by atoms with Crippen LogP contribution in [-0.4, -0.2) is 43.0 Å². The minimum absolute atomic E-state index is 0.0274. The molecule has 1 unspecified atom stereocenters. The smallest absolute Gasteiger partial charge is 0.258 e. The Balaban J connectivity index is 1.18. The van der Waals surface area contributed by atoms with E-state index in [4.69, 9.17) is 0 Å². The van der Waals surface area contributed by atoms with Crippen molar-refractivity contribution in [2.75, 3.05) is 28.2 Å². The third-order valence-electron chi connectivity index (χ3n) is 8.55. The van der Waals surface area contributed by atoms with Crippen molar-refractivity contribution < 1.29 is 9.59 Å². The van der Waals surface area contributed by atoms with E-state index in [0.29, 0.717) is 41.4 Å². The molecule has 0 aromatic heterocycles. The first kappa shape index (κ1) is 28.7. The first-order valence-corrected chi connectivity index (χ1v) is 15.3. The van der Waals surface area contributed by atoms with E-state index in [0.717, 1.165) is 35.5 Å². The summed E-state index contributed by atoms with van der Waals surface area (Å²) in [6.45, 7) is 10.3.